The van der Waals surface area contributed by atoms with Crippen LogP contribution >= 0.6 is 0 Å². The van der Waals surface area contributed by atoms with Gasteiger partial charge in [0.1, 0.15) is 0 Å². The summed E-state index contributed by atoms with van der Waals surface area (Å²) < 4.78 is 17.2. The zero-order chi connectivity index (χ0) is 7.33. The molecule has 0 bridgehead atoms. The third-order valence-corrected chi connectivity index (χ3v) is 1.04. The highest BCUT2D eigenvalue weighted by atomic mass is 19.2. The molecule has 9 heavy (non-hydrogen) atoms. The third-order valence-electron chi connectivity index (χ3n) is 1.04. The van der Waals surface area contributed by atoms with Crippen molar-refractivity contribution >= 4 is 6.29 Å². The van der Waals surface area contributed by atoms with Gasteiger partial charge in [-0.1, -0.05) is 6.92 Å². The minimum absolute atomic E-state index is 0.0737. The number of rotatable bonds is 4. The van der Waals surface area contributed by atoms with Crippen LogP contribution in [0, 0.1) is 0 Å². The Hall–Kier alpha value is -0.440. The lowest BCUT2D eigenvalue weighted by atomic mass is 10.3. The first-order valence-corrected chi connectivity index (χ1v) is 2.97. The number of aldehydes is 1. The molecule has 0 rings (SSSR count). The first-order chi connectivity index (χ1) is 4.18. The van der Waals surface area contributed by atoms with Crippen LogP contribution in [0.4, 0.5) is 4.39 Å². The third kappa shape index (κ3) is 2.56. The smallest absolute Gasteiger partial charge is 0.265 e. The fourth-order valence-electron chi connectivity index (χ4n) is 0.459. The fourth-order valence-corrected chi connectivity index (χ4v) is 0.459. The van der Waals surface area contributed by atoms with E-state index in [0.717, 1.165) is 0 Å². The molecule has 0 saturated heterocycles. The van der Waals surface area contributed by atoms with Crippen LogP contribution in [0.2, 0.25) is 0 Å². The maximum Gasteiger partial charge on any atom is 0.265 e. The molecular formula is C6H11FO2. The molecule has 0 fully saturated rings. The predicted molar refractivity (Wildman–Crippen MR) is 31.8 cm³/mol. The molecule has 1 unspecified atom stereocenters. The summed E-state index contributed by atoms with van der Waals surface area (Å²) in [6.07, 6.45) is 0.265. The molecule has 0 heterocycles. The molecule has 0 aromatic heterocycles. The Kier molecular flexibility index (Phi) is 3.39. The van der Waals surface area contributed by atoms with Gasteiger partial charge in [0.25, 0.3) is 5.85 Å². The predicted octanol–water partition coefficient (Wildman–Crippen LogP) is 1.30. The second-order valence-corrected chi connectivity index (χ2v) is 1.69. The maximum atomic E-state index is 12.7. The van der Waals surface area contributed by atoms with E-state index in [4.69, 9.17) is 0 Å². The Morgan fingerprint density at radius 1 is 1.67 bits per heavy atom. The van der Waals surface area contributed by atoms with Crippen LogP contribution < -0.4 is 0 Å². The second-order valence-electron chi connectivity index (χ2n) is 1.69. The molecule has 0 spiro atoms. The van der Waals surface area contributed by atoms with Gasteiger partial charge < -0.3 is 4.74 Å². The summed E-state index contributed by atoms with van der Waals surface area (Å²) in [6, 6.07) is 0. The quantitative estimate of drug-likeness (QED) is 0.541. The van der Waals surface area contributed by atoms with Gasteiger partial charge in [-0.25, -0.2) is 4.39 Å². The lowest BCUT2D eigenvalue weighted by molar-refractivity contribution is -0.160. The molecule has 0 aliphatic carbocycles. The average molecular weight is 134 g/mol. The highest BCUT2D eigenvalue weighted by molar-refractivity contribution is 5.59. The zero-order valence-electron chi connectivity index (χ0n) is 5.69. The van der Waals surface area contributed by atoms with Crippen molar-refractivity contribution in [2.75, 3.05) is 6.61 Å². The summed E-state index contributed by atoms with van der Waals surface area (Å²) in [6.45, 7) is 3.43. The molecule has 3 heteroatoms. The van der Waals surface area contributed by atoms with Crippen LogP contribution in [-0.2, 0) is 9.53 Å². The summed E-state index contributed by atoms with van der Waals surface area (Å²) >= 11 is 0. The first-order valence-electron chi connectivity index (χ1n) is 2.97. The van der Waals surface area contributed by atoms with Crippen molar-refractivity contribution in [2.45, 2.75) is 26.1 Å². The van der Waals surface area contributed by atoms with Gasteiger partial charge >= 0.3 is 0 Å². The van der Waals surface area contributed by atoms with E-state index >= 15 is 0 Å². The minimum Gasteiger partial charge on any atom is -0.341 e. The van der Waals surface area contributed by atoms with Crippen molar-refractivity contribution in [3.8, 4) is 0 Å². The van der Waals surface area contributed by atoms with Crippen molar-refractivity contribution in [2.24, 2.45) is 0 Å². The Bertz CT molecular complexity index is 95.1. The first kappa shape index (κ1) is 8.56. The van der Waals surface area contributed by atoms with Crippen molar-refractivity contribution in [3.63, 3.8) is 0 Å². The number of hydrogen-bond donors (Lipinski definition) is 0. The largest absolute Gasteiger partial charge is 0.341 e. The zero-order valence-corrected chi connectivity index (χ0v) is 5.69. The number of halogens is 1. The Balaban J connectivity index is 3.76. The summed E-state index contributed by atoms with van der Waals surface area (Å²) in [7, 11) is 0. The molecule has 0 radical (unpaired) electrons. The van der Waals surface area contributed by atoms with Crippen molar-refractivity contribution in [1.29, 1.82) is 0 Å². The number of alkyl halides is 1. The monoisotopic (exact) mass is 134 g/mol. The van der Waals surface area contributed by atoms with Gasteiger partial charge in [0.2, 0.25) is 0 Å². The van der Waals surface area contributed by atoms with Gasteiger partial charge in [0.15, 0.2) is 6.29 Å². The highest BCUT2D eigenvalue weighted by Crippen LogP contribution is 2.13. The van der Waals surface area contributed by atoms with Crippen molar-refractivity contribution in [1.82, 2.24) is 0 Å². The summed E-state index contributed by atoms with van der Waals surface area (Å²) in [4.78, 5) is 9.95. The SMILES string of the molecule is CCOC(F)(C=O)CC. The molecule has 54 valence electrons. The Morgan fingerprint density at radius 3 is 2.33 bits per heavy atom. The molecule has 0 aliphatic heterocycles. The molecule has 0 aromatic rings. The van der Waals surface area contributed by atoms with Gasteiger partial charge in [-0.05, 0) is 6.92 Å². The van der Waals surface area contributed by atoms with E-state index < -0.39 is 5.85 Å². The number of carbonyl (C=O) groups excluding carboxylic acids is 1. The number of hydrogen-bond acceptors (Lipinski definition) is 2. The minimum atomic E-state index is -2.05. The highest BCUT2D eigenvalue weighted by Gasteiger charge is 2.26. The van der Waals surface area contributed by atoms with E-state index in [1.54, 1.807) is 13.8 Å². The second kappa shape index (κ2) is 3.56. The molecule has 0 aliphatic rings. The van der Waals surface area contributed by atoms with Gasteiger partial charge in [0.05, 0.1) is 0 Å². The van der Waals surface area contributed by atoms with Crippen LogP contribution in [-0.4, -0.2) is 18.7 Å². The lowest BCUT2D eigenvalue weighted by Gasteiger charge is -2.15. The van der Waals surface area contributed by atoms with Crippen LogP contribution in [0.3, 0.4) is 0 Å². The summed E-state index contributed by atoms with van der Waals surface area (Å²) in [5.74, 6) is -2.05. The van der Waals surface area contributed by atoms with E-state index in [2.05, 4.69) is 4.74 Å². The Labute approximate surface area is 54.0 Å². The van der Waals surface area contributed by atoms with Crippen LogP contribution in [0.15, 0.2) is 0 Å². The van der Waals surface area contributed by atoms with Gasteiger partial charge in [-0.3, -0.25) is 4.79 Å². The molecule has 0 amide bonds. The topological polar surface area (TPSA) is 26.3 Å². The van der Waals surface area contributed by atoms with Gasteiger partial charge in [0, 0.05) is 13.0 Å². The molecule has 0 N–H and O–H groups in total. The number of carbonyl (C=O) groups is 1. The molecule has 1 atom stereocenters. The van der Waals surface area contributed by atoms with Crippen LogP contribution in [0.5, 0.6) is 0 Å². The number of ether oxygens (including phenoxy) is 1. The van der Waals surface area contributed by atoms with Gasteiger partial charge in [-0.15, -0.1) is 0 Å². The van der Waals surface area contributed by atoms with E-state index in [1.807, 2.05) is 0 Å². The summed E-state index contributed by atoms with van der Waals surface area (Å²) in [5, 5.41) is 0. The van der Waals surface area contributed by atoms with Gasteiger partial charge in [-0.2, -0.15) is 0 Å². The Morgan fingerprint density at radius 2 is 2.22 bits per heavy atom. The summed E-state index contributed by atoms with van der Waals surface area (Å²) in [5.41, 5.74) is 0. The van der Waals surface area contributed by atoms with Crippen LogP contribution in [0.25, 0.3) is 0 Å². The van der Waals surface area contributed by atoms with E-state index in [9.17, 15) is 9.18 Å². The van der Waals surface area contributed by atoms with E-state index in [0.29, 0.717) is 0 Å². The van der Waals surface area contributed by atoms with E-state index in [1.165, 1.54) is 0 Å². The standard InChI is InChI=1S/C6H11FO2/c1-3-6(7,5-8)9-4-2/h5H,3-4H2,1-2H3. The van der Waals surface area contributed by atoms with Crippen molar-refractivity contribution in [3.05, 3.63) is 0 Å². The maximum absolute atomic E-state index is 12.7. The molecule has 0 aromatic carbocycles. The normalized spacial score (nSPS) is 16.8. The van der Waals surface area contributed by atoms with Crippen LogP contribution in [0.1, 0.15) is 20.3 Å². The molecule has 2 nitrogen and oxygen atoms in total. The average Bonchev–Trinajstić information content (AvgIpc) is 1.89. The molecule has 0 saturated carbocycles. The molecular weight excluding hydrogens is 123 g/mol. The van der Waals surface area contributed by atoms with Crippen molar-refractivity contribution < 1.29 is 13.9 Å². The fraction of sp³-hybridized carbons (Fsp3) is 0.833. The lowest BCUT2D eigenvalue weighted by Crippen LogP contribution is -2.27. The van der Waals surface area contributed by atoms with E-state index in [-0.39, 0.29) is 19.3 Å².